The first-order valence-electron chi connectivity index (χ1n) is 6.20. The van der Waals surface area contributed by atoms with E-state index >= 15 is 0 Å². The molecule has 0 fully saturated rings. The first kappa shape index (κ1) is 14.2. The highest BCUT2D eigenvalue weighted by molar-refractivity contribution is 5.47. The lowest BCUT2D eigenvalue weighted by Crippen LogP contribution is -2.05. The van der Waals surface area contributed by atoms with Crippen LogP contribution < -0.4 is 10.1 Å². The smallest absolute Gasteiger partial charge is 0.146 e. The molecule has 0 bridgehead atoms. The van der Waals surface area contributed by atoms with Gasteiger partial charge in [0, 0.05) is 23.9 Å². The summed E-state index contributed by atoms with van der Waals surface area (Å²) in [5.74, 6) is -0.239. The fourth-order valence-corrected chi connectivity index (χ4v) is 1.88. The van der Waals surface area contributed by atoms with Crippen LogP contribution in [-0.2, 0) is 6.54 Å². The van der Waals surface area contributed by atoms with Gasteiger partial charge in [-0.3, -0.25) is 4.98 Å². The molecule has 1 heterocycles. The van der Waals surface area contributed by atoms with Crippen LogP contribution >= 0.6 is 0 Å². The molecule has 5 heteroatoms. The van der Waals surface area contributed by atoms with Gasteiger partial charge in [-0.05, 0) is 25.5 Å². The highest BCUT2D eigenvalue weighted by atomic mass is 19.1. The standard InChI is InChI=1S/C15H16F2N2O/c1-9-4-14(17)15(7-13(9)16)18-8-11-6-12(20-3)5-10(2)19-11/h4-7,18H,8H2,1-3H3. The van der Waals surface area contributed by atoms with Gasteiger partial charge in [-0.1, -0.05) is 0 Å². The fourth-order valence-electron chi connectivity index (χ4n) is 1.88. The Morgan fingerprint density at radius 1 is 1.10 bits per heavy atom. The lowest BCUT2D eigenvalue weighted by Gasteiger charge is -2.10. The molecule has 0 unspecified atom stereocenters. The maximum Gasteiger partial charge on any atom is 0.146 e. The summed E-state index contributed by atoms with van der Waals surface area (Å²) < 4.78 is 32.3. The highest BCUT2D eigenvalue weighted by Crippen LogP contribution is 2.20. The number of nitrogens with one attached hydrogen (secondary N) is 1. The Morgan fingerprint density at radius 3 is 2.55 bits per heavy atom. The van der Waals surface area contributed by atoms with E-state index < -0.39 is 11.6 Å². The first-order valence-corrected chi connectivity index (χ1v) is 6.20. The van der Waals surface area contributed by atoms with E-state index in [2.05, 4.69) is 10.3 Å². The van der Waals surface area contributed by atoms with E-state index in [9.17, 15) is 8.78 Å². The third kappa shape index (κ3) is 3.23. The summed E-state index contributed by atoms with van der Waals surface area (Å²) in [7, 11) is 1.57. The molecule has 0 saturated carbocycles. The summed E-state index contributed by atoms with van der Waals surface area (Å²) in [4.78, 5) is 4.31. The molecular weight excluding hydrogens is 262 g/mol. The van der Waals surface area contributed by atoms with Crippen LogP contribution in [0.15, 0.2) is 24.3 Å². The molecule has 0 saturated heterocycles. The van der Waals surface area contributed by atoms with Gasteiger partial charge < -0.3 is 10.1 Å². The van der Waals surface area contributed by atoms with E-state index in [4.69, 9.17) is 4.74 Å². The molecule has 3 nitrogen and oxygen atoms in total. The number of hydrogen-bond acceptors (Lipinski definition) is 3. The number of ether oxygens (including phenoxy) is 1. The topological polar surface area (TPSA) is 34.1 Å². The molecule has 0 aliphatic rings. The Kier molecular flexibility index (Phi) is 4.17. The molecular formula is C15H16F2N2O. The quantitative estimate of drug-likeness (QED) is 0.928. The van der Waals surface area contributed by atoms with Crippen LogP contribution in [0.5, 0.6) is 5.75 Å². The van der Waals surface area contributed by atoms with Gasteiger partial charge in [-0.15, -0.1) is 0 Å². The Labute approximate surface area is 116 Å². The number of benzene rings is 1. The molecule has 1 aromatic carbocycles. The van der Waals surface area contributed by atoms with Crippen molar-refractivity contribution >= 4 is 5.69 Å². The van der Waals surface area contributed by atoms with Crippen molar-refractivity contribution in [2.75, 3.05) is 12.4 Å². The fraction of sp³-hybridized carbons (Fsp3) is 0.267. The second kappa shape index (κ2) is 5.86. The van der Waals surface area contributed by atoms with Crippen LogP contribution in [0, 0.1) is 25.5 Å². The highest BCUT2D eigenvalue weighted by Gasteiger charge is 2.08. The van der Waals surface area contributed by atoms with Crippen LogP contribution in [0.3, 0.4) is 0 Å². The van der Waals surface area contributed by atoms with Crippen molar-refractivity contribution in [2.45, 2.75) is 20.4 Å². The molecule has 0 spiro atoms. The molecule has 0 aliphatic heterocycles. The number of halogens is 2. The SMILES string of the molecule is COc1cc(C)nc(CNc2cc(F)c(C)cc2F)c1. The van der Waals surface area contributed by atoms with Crippen molar-refractivity contribution in [2.24, 2.45) is 0 Å². The summed E-state index contributed by atoms with van der Waals surface area (Å²) >= 11 is 0. The predicted octanol–water partition coefficient (Wildman–Crippen LogP) is 3.60. The van der Waals surface area contributed by atoms with Gasteiger partial charge in [0.1, 0.15) is 17.4 Å². The summed E-state index contributed by atoms with van der Waals surface area (Å²) in [5, 5.41) is 2.84. The summed E-state index contributed by atoms with van der Waals surface area (Å²) in [6.07, 6.45) is 0. The largest absolute Gasteiger partial charge is 0.497 e. The number of hydrogen-bond donors (Lipinski definition) is 1. The number of methoxy groups -OCH3 is 1. The average molecular weight is 278 g/mol. The van der Waals surface area contributed by atoms with Crippen molar-refractivity contribution < 1.29 is 13.5 Å². The van der Waals surface area contributed by atoms with Crippen LogP contribution in [0.4, 0.5) is 14.5 Å². The van der Waals surface area contributed by atoms with Crippen molar-refractivity contribution in [1.29, 1.82) is 0 Å². The number of rotatable bonds is 4. The Morgan fingerprint density at radius 2 is 1.85 bits per heavy atom. The minimum atomic E-state index is -0.483. The summed E-state index contributed by atoms with van der Waals surface area (Å²) in [6.45, 7) is 3.66. The molecule has 0 atom stereocenters. The van der Waals surface area contributed by atoms with Crippen LogP contribution in [0.2, 0.25) is 0 Å². The summed E-state index contributed by atoms with van der Waals surface area (Å²) in [6, 6.07) is 5.87. The molecule has 1 N–H and O–H groups in total. The number of aromatic nitrogens is 1. The van der Waals surface area contributed by atoms with Gasteiger partial charge in [0.05, 0.1) is 25.0 Å². The van der Waals surface area contributed by atoms with Crippen molar-refractivity contribution in [1.82, 2.24) is 4.98 Å². The second-order valence-corrected chi connectivity index (χ2v) is 4.57. The third-order valence-corrected chi connectivity index (χ3v) is 2.92. The number of pyridine rings is 1. The molecule has 2 rings (SSSR count). The van der Waals surface area contributed by atoms with E-state index in [1.165, 1.54) is 13.0 Å². The molecule has 0 amide bonds. The Bertz CT molecular complexity index is 630. The maximum absolute atomic E-state index is 13.7. The van der Waals surface area contributed by atoms with Gasteiger partial charge in [0.25, 0.3) is 0 Å². The normalized spacial score (nSPS) is 10.4. The molecule has 106 valence electrons. The zero-order valence-electron chi connectivity index (χ0n) is 11.6. The number of anilines is 1. The van der Waals surface area contributed by atoms with Crippen molar-refractivity contribution in [3.05, 3.63) is 52.9 Å². The van der Waals surface area contributed by atoms with Crippen molar-refractivity contribution in [3.63, 3.8) is 0 Å². The third-order valence-electron chi connectivity index (χ3n) is 2.92. The van der Waals surface area contributed by atoms with Crippen LogP contribution in [-0.4, -0.2) is 12.1 Å². The summed E-state index contributed by atoms with van der Waals surface area (Å²) in [5.41, 5.74) is 1.90. The van der Waals surface area contributed by atoms with Gasteiger partial charge in [0.2, 0.25) is 0 Å². The van der Waals surface area contributed by atoms with Gasteiger partial charge in [-0.25, -0.2) is 8.78 Å². The predicted molar refractivity (Wildman–Crippen MR) is 73.9 cm³/mol. The van der Waals surface area contributed by atoms with Gasteiger partial charge in [0.15, 0.2) is 0 Å². The van der Waals surface area contributed by atoms with Gasteiger partial charge in [-0.2, -0.15) is 0 Å². The maximum atomic E-state index is 13.7. The van der Waals surface area contributed by atoms with E-state index in [-0.39, 0.29) is 17.8 Å². The second-order valence-electron chi connectivity index (χ2n) is 4.57. The molecule has 1 aromatic heterocycles. The lowest BCUT2D eigenvalue weighted by molar-refractivity contribution is 0.413. The number of nitrogens with zero attached hydrogens (tertiary/aromatic N) is 1. The zero-order valence-corrected chi connectivity index (χ0v) is 11.6. The average Bonchev–Trinajstić information content (AvgIpc) is 2.40. The van der Waals surface area contributed by atoms with Crippen LogP contribution in [0.25, 0.3) is 0 Å². The first-order chi connectivity index (χ1) is 9.49. The van der Waals surface area contributed by atoms with Gasteiger partial charge >= 0.3 is 0 Å². The molecule has 2 aromatic rings. The monoisotopic (exact) mass is 278 g/mol. The van der Waals surface area contributed by atoms with E-state index in [1.807, 2.05) is 6.92 Å². The van der Waals surface area contributed by atoms with E-state index in [0.29, 0.717) is 11.4 Å². The van der Waals surface area contributed by atoms with Crippen LogP contribution in [0.1, 0.15) is 17.0 Å². The Hall–Kier alpha value is -2.17. The number of aryl methyl sites for hydroxylation is 2. The zero-order chi connectivity index (χ0) is 14.7. The Balaban J connectivity index is 2.16. The molecule has 0 aliphatic carbocycles. The van der Waals surface area contributed by atoms with E-state index in [1.54, 1.807) is 19.2 Å². The molecule has 0 radical (unpaired) electrons. The molecule has 20 heavy (non-hydrogen) atoms. The van der Waals surface area contributed by atoms with Crippen molar-refractivity contribution in [3.8, 4) is 5.75 Å². The van der Waals surface area contributed by atoms with E-state index in [0.717, 1.165) is 11.8 Å². The minimum Gasteiger partial charge on any atom is -0.497 e. The minimum absolute atomic E-state index is 0.121. The lowest BCUT2D eigenvalue weighted by atomic mass is 10.2.